The van der Waals surface area contributed by atoms with Crippen LogP contribution in [0.5, 0.6) is 5.75 Å². The molecule has 10 heteroatoms. The maximum atomic E-state index is 12.5. The van der Waals surface area contributed by atoms with Gasteiger partial charge in [0.15, 0.2) is 0 Å². The average Bonchev–Trinajstić information content (AvgIpc) is 2.95. The molecule has 2 atom stereocenters. The van der Waals surface area contributed by atoms with Crippen LogP contribution in [0.4, 0.5) is 5.69 Å². The molecule has 1 fully saturated rings. The number of nitriles is 1. The van der Waals surface area contributed by atoms with Gasteiger partial charge in [-0.05, 0) is 24.3 Å². The smallest absolute Gasteiger partial charge is 0.371 e. The number of rotatable bonds is 8. The highest BCUT2D eigenvalue weighted by molar-refractivity contribution is 8.00. The van der Waals surface area contributed by atoms with Crippen molar-refractivity contribution >= 4 is 40.6 Å². The van der Waals surface area contributed by atoms with Crippen molar-refractivity contribution < 1.29 is 22.2 Å². The molecule has 2 amide bonds. The van der Waals surface area contributed by atoms with Crippen LogP contribution in [0.1, 0.15) is 33.6 Å². The Morgan fingerprint density at radius 3 is 2.82 bits per heavy atom. The minimum atomic E-state index is -2.28. The van der Waals surface area contributed by atoms with Crippen LogP contribution in [0, 0.1) is 11.3 Å². The van der Waals surface area contributed by atoms with E-state index >= 15 is 0 Å². The highest BCUT2D eigenvalue weighted by Gasteiger charge is 2.39. The van der Waals surface area contributed by atoms with E-state index in [1.54, 1.807) is 18.2 Å². The number of nitrogens with two attached hydrogens (primary N) is 1. The van der Waals surface area contributed by atoms with Gasteiger partial charge in [-0.3, -0.25) is 9.59 Å². The van der Waals surface area contributed by atoms with Crippen LogP contribution < -0.4 is 14.8 Å². The molecule has 2 N–H and O–H groups in total. The van der Waals surface area contributed by atoms with E-state index in [4.69, 9.17) is 15.2 Å². The standard InChI is InChI=1S/C16H17N3O5S2.C2H6/c1-2-8-25-13-10-15(20)19(16(13)21)11-4-3-5-12(9-11)23-26(22)24-14(18)6-7-17;1-2/h3-6,9,13H,2,8,10,18H2,1H3;1-2H3/b14-6+;. The average molecular weight is 426 g/mol. The SMILES string of the molecule is CC.CCCSC1CC(=O)N(c2cccc(OS(=O)O/C(N)=C/C#N)c2)C1=O. The van der Waals surface area contributed by atoms with Crippen molar-refractivity contribution in [3.8, 4) is 11.8 Å². The number of carbonyl (C=O) groups is 2. The molecule has 0 radical (unpaired) electrons. The molecule has 1 aliphatic rings. The van der Waals surface area contributed by atoms with E-state index < -0.39 is 11.4 Å². The van der Waals surface area contributed by atoms with Crippen molar-refractivity contribution in [1.82, 2.24) is 0 Å². The molecular formula is C18H23N3O5S2. The van der Waals surface area contributed by atoms with Crippen LogP contribution in [0.25, 0.3) is 0 Å². The van der Waals surface area contributed by atoms with Crippen LogP contribution in [0.3, 0.4) is 0 Å². The Kier molecular flexibility index (Phi) is 10.1. The van der Waals surface area contributed by atoms with Gasteiger partial charge in [-0.25, -0.2) is 4.90 Å². The Balaban J connectivity index is 0.00000190. The molecule has 0 saturated carbocycles. The highest BCUT2D eigenvalue weighted by atomic mass is 32.2. The van der Waals surface area contributed by atoms with Gasteiger partial charge >= 0.3 is 11.4 Å². The first-order chi connectivity index (χ1) is 13.5. The van der Waals surface area contributed by atoms with Crippen LogP contribution in [-0.2, 0) is 25.1 Å². The Hall–Kier alpha value is -2.51. The van der Waals surface area contributed by atoms with E-state index in [-0.39, 0.29) is 35.1 Å². The lowest BCUT2D eigenvalue weighted by atomic mass is 10.3. The van der Waals surface area contributed by atoms with Crippen molar-refractivity contribution in [3.05, 3.63) is 36.2 Å². The molecule has 0 aliphatic carbocycles. The van der Waals surface area contributed by atoms with Gasteiger partial charge in [0, 0.05) is 12.5 Å². The maximum absolute atomic E-state index is 12.5. The molecule has 1 aromatic carbocycles. The van der Waals surface area contributed by atoms with E-state index in [1.165, 1.54) is 23.9 Å². The number of amides is 2. The molecule has 1 aliphatic heterocycles. The summed E-state index contributed by atoms with van der Waals surface area (Å²) < 4.78 is 21.5. The fourth-order valence-corrected chi connectivity index (χ4v) is 3.73. The number of nitrogens with zero attached hydrogens (tertiary/aromatic N) is 2. The molecule has 152 valence electrons. The molecule has 0 spiro atoms. The van der Waals surface area contributed by atoms with Crippen LogP contribution in [-0.4, -0.2) is 27.0 Å². The summed E-state index contributed by atoms with van der Waals surface area (Å²) in [7, 11) is 0. The molecule has 1 saturated heterocycles. The molecule has 2 rings (SSSR count). The molecule has 1 aromatic rings. The van der Waals surface area contributed by atoms with Crippen LogP contribution in [0.15, 0.2) is 36.2 Å². The summed E-state index contributed by atoms with van der Waals surface area (Å²) in [5.41, 5.74) is 5.63. The summed E-state index contributed by atoms with van der Waals surface area (Å²) in [6.07, 6.45) is 1.94. The summed E-state index contributed by atoms with van der Waals surface area (Å²) >= 11 is -0.816. The number of imide groups is 1. The monoisotopic (exact) mass is 425 g/mol. The van der Waals surface area contributed by atoms with Gasteiger partial charge in [0.25, 0.3) is 0 Å². The second-order valence-corrected chi connectivity index (χ2v) is 7.23. The lowest BCUT2D eigenvalue weighted by molar-refractivity contribution is -0.121. The van der Waals surface area contributed by atoms with Gasteiger partial charge in [-0.1, -0.05) is 26.8 Å². The minimum Gasteiger partial charge on any atom is -0.371 e. The zero-order valence-electron chi connectivity index (χ0n) is 15.9. The van der Waals surface area contributed by atoms with Crippen molar-refractivity contribution in [2.45, 2.75) is 38.9 Å². The number of allylic oxidation sites excluding steroid dienone is 1. The topological polar surface area (TPSA) is 123 Å². The predicted octanol–water partition coefficient (Wildman–Crippen LogP) is 2.79. The van der Waals surface area contributed by atoms with E-state index in [2.05, 4.69) is 4.18 Å². The zero-order chi connectivity index (χ0) is 21.1. The van der Waals surface area contributed by atoms with Gasteiger partial charge in [0.05, 0.1) is 23.1 Å². The number of carbonyl (C=O) groups excluding carboxylic acids is 2. The summed E-state index contributed by atoms with van der Waals surface area (Å²) in [6.45, 7) is 6.01. The normalized spacial score (nSPS) is 17.4. The van der Waals surface area contributed by atoms with E-state index in [0.29, 0.717) is 5.69 Å². The maximum Gasteiger partial charge on any atom is 0.419 e. The second kappa shape index (κ2) is 12.0. The van der Waals surface area contributed by atoms with Gasteiger partial charge in [-0.2, -0.15) is 9.47 Å². The number of hydrogen-bond donors (Lipinski definition) is 1. The van der Waals surface area contributed by atoms with Crippen molar-refractivity contribution in [2.24, 2.45) is 5.73 Å². The molecule has 1 heterocycles. The third-order valence-corrected chi connectivity index (χ3v) is 5.31. The van der Waals surface area contributed by atoms with E-state index in [1.807, 2.05) is 20.8 Å². The van der Waals surface area contributed by atoms with Crippen molar-refractivity contribution in [3.63, 3.8) is 0 Å². The quantitative estimate of drug-likeness (QED) is 0.383. The lowest BCUT2D eigenvalue weighted by Gasteiger charge is -2.15. The second-order valence-electron chi connectivity index (χ2n) is 5.17. The molecule has 8 nitrogen and oxygen atoms in total. The first-order valence-corrected chi connectivity index (χ1v) is 10.7. The predicted molar refractivity (Wildman–Crippen MR) is 109 cm³/mol. The van der Waals surface area contributed by atoms with E-state index in [9.17, 15) is 13.8 Å². The third-order valence-electron chi connectivity index (χ3n) is 3.24. The fourth-order valence-electron chi connectivity index (χ4n) is 2.20. The van der Waals surface area contributed by atoms with Crippen LogP contribution in [0.2, 0.25) is 0 Å². The number of benzene rings is 1. The highest BCUT2D eigenvalue weighted by Crippen LogP contribution is 2.31. The Morgan fingerprint density at radius 1 is 1.46 bits per heavy atom. The molecular weight excluding hydrogens is 402 g/mol. The number of hydrogen-bond acceptors (Lipinski definition) is 8. The fraction of sp³-hybridized carbons (Fsp3) is 0.389. The zero-order valence-corrected chi connectivity index (χ0v) is 17.5. The summed E-state index contributed by atoms with van der Waals surface area (Å²) in [4.78, 5) is 25.8. The largest absolute Gasteiger partial charge is 0.419 e. The van der Waals surface area contributed by atoms with Crippen LogP contribution >= 0.6 is 11.8 Å². The molecule has 28 heavy (non-hydrogen) atoms. The van der Waals surface area contributed by atoms with Gasteiger partial charge in [0.2, 0.25) is 17.7 Å². The Labute approximate surface area is 171 Å². The summed E-state index contributed by atoms with van der Waals surface area (Å²) in [6, 6.07) is 7.67. The lowest BCUT2D eigenvalue weighted by Crippen LogP contribution is -2.31. The minimum absolute atomic E-state index is 0.121. The van der Waals surface area contributed by atoms with E-state index in [0.717, 1.165) is 23.1 Å². The number of anilines is 1. The molecule has 2 unspecified atom stereocenters. The summed E-state index contributed by atoms with van der Waals surface area (Å²) in [5.74, 6) is -0.00345. The van der Waals surface area contributed by atoms with Crippen molar-refractivity contribution in [1.29, 1.82) is 5.26 Å². The summed E-state index contributed by atoms with van der Waals surface area (Å²) in [5, 5.41) is 8.04. The first kappa shape index (κ1) is 23.5. The number of thioether (sulfide) groups is 1. The van der Waals surface area contributed by atoms with Gasteiger partial charge < -0.3 is 14.1 Å². The molecule has 0 aromatic heterocycles. The Bertz CT molecular complexity index is 792. The third kappa shape index (κ3) is 6.58. The van der Waals surface area contributed by atoms with Crippen molar-refractivity contribution in [2.75, 3.05) is 10.7 Å². The van der Waals surface area contributed by atoms with Gasteiger partial charge in [0.1, 0.15) is 5.75 Å². The first-order valence-electron chi connectivity index (χ1n) is 8.68. The molecule has 0 bridgehead atoms. The van der Waals surface area contributed by atoms with Gasteiger partial charge in [-0.15, -0.1) is 11.8 Å². The Morgan fingerprint density at radius 2 is 2.18 bits per heavy atom.